The van der Waals surface area contributed by atoms with Crippen LogP contribution in [-0.4, -0.2) is 30.6 Å². The number of anilines is 1. The molecule has 2 aromatic rings. The normalized spacial score (nSPS) is 11.6. The van der Waals surface area contributed by atoms with Crippen LogP contribution in [0.2, 0.25) is 0 Å². The number of carboxylic acid groups (broad SMARTS) is 1. The second-order valence-corrected chi connectivity index (χ2v) is 6.16. The van der Waals surface area contributed by atoms with Crippen LogP contribution in [0.25, 0.3) is 0 Å². The smallest absolute Gasteiger partial charge is 0.341 e. The van der Waals surface area contributed by atoms with E-state index in [1.807, 2.05) is 38.1 Å². The highest BCUT2D eigenvalue weighted by molar-refractivity contribution is 5.94. The molecule has 0 aromatic heterocycles. The van der Waals surface area contributed by atoms with E-state index in [1.54, 1.807) is 36.2 Å². The van der Waals surface area contributed by atoms with E-state index < -0.39 is 5.97 Å². The zero-order chi connectivity index (χ0) is 18.4. The number of amides is 1. The van der Waals surface area contributed by atoms with Crippen molar-refractivity contribution in [3.05, 3.63) is 59.7 Å². The Bertz CT molecular complexity index is 722. The number of hydrogen-bond donors (Lipinski definition) is 1. The molecule has 0 saturated heterocycles. The van der Waals surface area contributed by atoms with Crippen molar-refractivity contribution in [3.63, 3.8) is 0 Å². The number of hydrogen-bond acceptors (Lipinski definition) is 3. The van der Waals surface area contributed by atoms with Crippen LogP contribution in [0.1, 0.15) is 18.1 Å². The number of carboxylic acids is 1. The molecule has 1 N–H and O–H groups in total. The summed E-state index contributed by atoms with van der Waals surface area (Å²) in [7, 11) is 1.74. The van der Waals surface area contributed by atoms with Crippen molar-refractivity contribution in [1.82, 2.24) is 0 Å². The van der Waals surface area contributed by atoms with E-state index in [2.05, 4.69) is 0 Å². The second-order valence-electron chi connectivity index (χ2n) is 6.16. The molecule has 0 saturated carbocycles. The molecule has 1 amide bonds. The third-order valence-electron chi connectivity index (χ3n) is 4.00. The maximum atomic E-state index is 12.6. The molecule has 5 nitrogen and oxygen atoms in total. The fourth-order valence-electron chi connectivity index (χ4n) is 2.53. The first-order valence-electron chi connectivity index (χ1n) is 8.14. The van der Waals surface area contributed by atoms with Gasteiger partial charge >= 0.3 is 5.97 Å². The third-order valence-corrected chi connectivity index (χ3v) is 4.00. The summed E-state index contributed by atoms with van der Waals surface area (Å²) < 4.78 is 5.10. The average Bonchev–Trinajstić information content (AvgIpc) is 2.61. The van der Waals surface area contributed by atoms with Gasteiger partial charge in [-0.1, -0.05) is 36.8 Å². The van der Waals surface area contributed by atoms with Crippen LogP contribution in [-0.2, 0) is 16.0 Å². The quantitative estimate of drug-likeness (QED) is 0.839. The molecule has 0 aliphatic heterocycles. The van der Waals surface area contributed by atoms with Crippen molar-refractivity contribution in [2.45, 2.75) is 20.3 Å². The van der Waals surface area contributed by atoms with Gasteiger partial charge in [-0.2, -0.15) is 0 Å². The Kier molecular flexibility index (Phi) is 6.17. The molecule has 0 aliphatic carbocycles. The second kappa shape index (κ2) is 8.33. The Morgan fingerprint density at radius 3 is 2.24 bits per heavy atom. The van der Waals surface area contributed by atoms with Gasteiger partial charge < -0.3 is 14.7 Å². The Hall–Kier alpha value is -2.82. The number of aryl methyl sites for hydroxylation is 1. The van der Waals surface area contributed by atoms with Crippen molar-refractivity contribution < 1.29 is 19.4 Å². The van der Waals surface area contributed by atoms with Gasteiger partial charge in [-0.15, -0.1) is 0 Å². The van der Waals surface area contributed by atoms with Gasteiger partial charge in [0.05, 0.1) is 0 Å². The number of carbonyl (C=O) groups is 2. The topological polar surface area (TPSA) is 66.8 Å². The van der Waals surface area contributed by atoms with Crippen molar-refractivity contribution in [1.29, 1.82) is 0 Å². The molecule has 1 unspecified atom stereocenters. The van der Waals surface area contributed by atoms with Crippen molar-refractivity contribution in [2.75, 3.05) is 18.6 Å². The molecule has 0 bridgehead atoms. The van der Waals surface area contributed by atoms with Gasteiger partial charge in [-0.3, -0.25) is 4.79 Å². The molecule has 5 heteroatoms. The molecule has 0 aliphatic rings. The minimum atomic E-state index is -1.03. The van der Waals surface area contributed by atoms with Gasteiger partial charge in [0.2, 0.25) is 5.91 Å². The van der Waals surface area contributed by atoms with Crippen molar-refractivity contribution in [3.8, 4) is 5.75 Å². The maximum absolute atomic E-state index is 12.6. The first-order valence-corrected chi connectivity index (χ1v) is 8.14. The zero-order valence-electron chi connectivity index (χ0n) is 14.7. The minimum absolute atomic E-state index is 0.0276. The fourth-order valence-corrected chi connectivity index (χ4v) is 2.53. The lowest BCUT2D eigenvalue weighted by Gasteiger charge is -2.22. The summed E-state index contributed by atoms with van der Waals surface area (Å²) >= 11 is 0. The van der Waals surface area contributed by atoms with Crippen molar-refractivity contribution >= 4 is 17.6 Å². The predicted octanol–water partition coefficient (Wildman–Crippen LogP) is 3.30. The van der Waals surface area contributed by atoms with Gasteiger partial charge in [0, 0.05) is 18.7 Å². The van der Waals surface area contributed by atoms with Gasteiger partial charge in [0.15, 0.2) is 6.61 Å². The molecule has 2 rings (SSSR count). The number of carbonyl (C=O) groups excluding carboxylic acids is 1. The van der Waals surface area contributed by atoms with Gasteiger partial charge in [0.25, 0.3) is 0 Å². The summed E-state index contributed by atoms with van der Waals surface area (Å²) in [5.74, 6) is -0.684. The summed E-state index contributed by atoms with van der Waals surface area (Å²) in [6, 6.07) is 15.0. The van der Waals surface area contributed by atoms with E-state index in [1.165, 1.54) is 5.56 Å². The summed E-state index contributed by atoms with van der Waals surface area (Å²) in [4.78, 5) is 24.7. The van der Waals surface area contributed by atoms with E-state index in [9.17, 15) is 9.59 Å². The number of rotatable bonds is 7. The van der Waals surface area contributed by atoms with E-state index in [-0.39, 0.29) is 18.4 Å². The van der Waals surface area contributed by atoms with Gasteiger partial charge in [-0.25, -0.2) is 4.79 Å². The molecule has 0 radical (unpaired) electrons. The predicted molar refractivity (Wildman–Crippen MR) is 97.0 cm³/mol. The first kappa shape index (κ1) is 18.5. The van der Waals surface area contributed by atoms with Gasteiger partial charge in [-0.05, 0) is 43.2 Å². The molecule has 25 heavy (non-hydrogen) atoms. The number of aliphatic carboxylic acids is 1. The Labute approximate surface area is 147 Å². The summed E-state index contributed by atoms with van der Waals surface area (Å²) in [6.07, 6.45) is 0.684. The molecule has 132 valence electrons. The molecular weight excluding hydrogens is 318 g/mol. The summed E-state index contributed by atoms with van der Waals surface area (Å²) in [6.45, 7) is 3.57. The SMILES string of the molecule is Cc1ccc(CC(C)C(=O)N(C)c2ccc(OCC(=O)O)cc2)cc1. The van der Waals surface area contributed by atoms with Crippen LogP contribution in [0, 0.1) is 12.8 Å². The van der Waals surface area contributed by atoms with Crippen LogP contribution >= 0.6 is 0 Å². The van der Waals surface area contributed by atoms with Crippen LogP contribution in [0.5, 0.6) is 5.75 Å². The summed E-state index contributed by atoms with van der Waals surface area (Å²) in [5.41, 5.74) is 3.07. The monoisotopic (exact) mass is 341 g/mol. The van der Waals surface area contributed by atoms with Crippen LogP contribution in [0.3, 0.4) is 0 Å². The summed E-state index contributed by atoms with van der Waals surface area (Å²) in [5, 5.41) is 8.61. The highest BCUT2D eigenvalue weighted by Crippen LogP contribution is 2.21. The number of nitrogens with zero attached hydrogens (tertiary/aromatic N) is 1. The first-order chi connectivity index (χ1) is 11.9. The molecule has 2 aromatic carbocycles. The molecule has 0 heterocycles. The highest BCUT2D eigenvalue weighted by Gasteiger charge is 2.19. The van der Waals surface area contributed by atoms with Gasteiger partial charge in [0.1, 0.15) is 5.75 Å². The van der Waals surface area contributed by atoms with E-state index in [0.29, 0.717) is 12.2 Å². The lowest BCUT2D eigenvalue weighted by Crippen LogP contribution is -2.32. The van der Waals surface area contributed by atoms with E-state index in [0.717, 1.165) is 11.3 Å². The average molecular weight is 341 g/mol. The third kappa shape index (κ3) is 5.35. The largest absolute Gasteiger partial charge is 0.482 e. The minimum Gasteiger partial charge on any atom is -0.482 e. The van der Waals surface area contributed by atoms with Crippen molar-refractivity contribution in [2.24, 2.45) is 5.92 Å². The Balaban J connectivity index is 1.98. The zero-order valence-corrected chi connectivity index (χ0v) is 14.7. The van der Waals surface area contributed by atoms with E-state index >= 15 is 0 Å². The lowest BCUT2D eigenvalue weighted by molar-refractivity contribution is -0.139. The Morgan fingerprint density at radius 1 is 1.08 bits per heavy atom. The van der Waals surface area contributed by atoms with Crippen LogP contribution in [0.4, 0.5) is 5.69 Å². The molecule has 0 fully saturated rings. The fraction of sp³-hybridized carbons (Fsp3) is 0.300. The Morgan fingerprint density at radius 2 is 1.68 bits per heavy atom. The maximum Gasteiger partial charge on any atom is 0.341 e. The van der Waals surface area contributed by atoms with Crippen LogP contribution < -0.4 is 9.64 Å². The number of ether oxygens (including phenoxy) is 1. The van der Waals surface area contributed by atoms with E-state index in [4.69, 9.17) is 9.84 Å². The lowest BCUT2D eigenvalue weighted by atomic mass is 9.99. The molecule has 1 atom stereocenters. The number of benzene rings is 2. The molecular formula is C20H23NO4. The van der Waals surface area contributed by atoms with Crippen LogP contribution in [0.15, 0.2) is 48.5 Å². The highest BCUT2D eigenvalue weighted by atomic mass is 16.5. The standard InChI is InChI=1S/C20H23NO4/c1-14-4-6-16(7-5-14)12-15(2)20(24)21(3)17-8-10-18(11-9-17)25-13-19(22)23/h4-11,15H,12-13H2,1-3H3,(H,22,23). The molecule has 0 spiro atoms.